The topological polar surface area (TPSA) is 209 Å². The Kier molecular flexibility index (Phi) is 32.2. The molecule has 0 aromatic heterocycles. The lowest BCUT2D eigenvalue weighted by Gasteiger charge is -2.28. The first kappa shape index (κ1) is 76.5. The minimum atomic E-state index is -0.421. The molecule has 0 radical (unpaired) electrons. The second kappa shape index (κ2) is 41.3. The van der Waals surface area contributed by atoms with Crippen LogP contribution in [0.4, 0.5) is 32.3 Å². The number of hydrogen-bond acceptors (Lipinski definition) is 12. The average molecular weight is 1470 g/mol. The second-order valence-corrected chi connectivity index (χ2v) is 28.5. The lowest BCUT2D eigenvalue weighted by molar-refractivity contribution is 0.0977. The lowest BCUT2D eigenvalue weighted by Crippen LogP contribution is -2.26. The molecule has 2 aliphatic carbocycles. The number of hydrogen-bond donors (Lipinski definition) is 6. The number of unbranched alkanes of at least 4 members (excludes halogenated alkanes) is 22. The molecule has 14 nitrogen and oxygen atoms in total. The summed E-state index contributed by atoms with van der Waals surface area (Å²) in [4.78, 5) is 79.1. The maximum atomic E-state index is 13.6. The van der Waals surface area contributed by atoms with Crippen LogP contribution in [-0.2, 0) is 22.3 Å². The number of rotatable bonds is 45. The van der Waals surface area contributed by atoms with Gasteiger partial charge in [0, 0.05) is 57.1 Å². The SMILES string of the molecule is CCCCCCC(CCCCCCCCCCCNC(=O)OCCc1ccc(Br)c(Nc2ccc(O)c3c2C(=O)c2ccccc2C3=O)c1)C(CCCCCC)CCCCCCCCCCCNC(=O)OCCc1ccc(Br)c(Nc2ccc(O)c3c2C(=O)c2ccccc2C3=O)c1. The van der Waals surface area contributed by atoms with E-state index in [9.17, 15) is 39.0 Å². The van der Waals surface area contributed by atoms with Crippen LogP contribution in [0, 0.1) is 11.8 Å². The summed E-state index contributed by atoms with van der Waals surface area (Å²) in [6.07, 6.45) is 38.4. The maximum absolute atomic E-state index is 13.6. The van der Waals surface area contributed by atoms with Gasteiger partial charge in [-0.05, 0) is 116 Å². The third-order valence-electron chi connectivity index (χ3n) is 19.5. The van der Waals surface area contributed by atoms with Crippen molar-refractivity contribution in [1.82, 2.24) is 10.6 Å². The van der Waals surface area contributed by atoms with Crippen molar-refractivity contribution in [2.75, 3.05) is 36.9 Å². The molecule has 98 heavy (non-hydrogen) atoms. The number of amides is 2. The summed E-state index contributed by atoms with van der Waals surface area (Å²) < 4.78 is 12.5. The molecule has 526 valence electrons. The van der Waals surface area contributed by atoms with Crippen molar-refractivity contribution in [3.63, 3.8) is 0 Å². The number of anilines is 4. The molecular formula is C82H104Br2N4O10. The van der Waals surface area contributed by atoms with E-state index in [-0.39, 0.29) is 69.7 Å². The Morgan fingerprint density at radius 2 is 0.684 bits per heavy atom. The van der Waals surface area contributed by atoms with Crippen molar-refractivity contribution in [1.29, 1.82) is 0 Å². The summed E-state index contributed by atoms with van der Waals surface area (Å²) in [7, 11) is 0. The number of phenols is 2. The minimum Gasteiger partial charge on any atom is -0.507 e. The monoisotopic (exact) mass is 1460 g/mol. The minimum absolute atomic E-state index is 0.00998. The zero-order valence-corrected chi connectivity index (χ0v) is 61.1. The third kappa shape index (κ3) is 22.9. The van der Waals surface area contributed by atoms with Crippen molar-refractivity contribution in [3.05, 3.63) is 174 Å². The van der Waals surface area contributed by atoms with E-state index >= 15 is 0 Å². The van der Waals surface area contributed by atoms with Crippen LogP contribution in [0.1, 0.15) is 281 Å². The molecular weight excluding hydrogens is 1360 g/mol. The molecule has 2 amide bonds. The smallest absolute Gasteiger partial charge is 0.407 e. The van der Waals surface area contributed by atoms with Gasteiger partial charge in [-0.2, -0.15) is 0 Å². The predicted molar refractivity (Wildman–Crippen MR) is 401 cm³/mol. The maximum Gasteiger partial charge on any atom is 0.407 e. The molecule has 0 aliphatic heterocycles. The summed E-state index contributed by atoms with van der Waals surface area (Å²) in [5, 5.41) is 33.7. The summed E-state index contributed by atoms with van der Waals surface area (Å²) in [6.45, 7) is 6.22. The van der Waals surface area contributed by atoms with Gasteiger partial charge in [-0.15, -0.1) is 0 Å². The van der Waals surface area contributed by atoms with Gasteiger partial charge in [0.2, 0.25) is 0 Å². The van der Waals surface area contributed by atoms with E-state index in [1.165, 1.54) is 179 Å². The van der Waals surface area contributed by atoms with Gasteiger partial charge in [-0.1, -0.05) is 254 Å². The zero-order chi connectivity index (χ0) is 69.4. The molecule has 0 bridgehead atoms. The van der Waals surface area contributed by atoms with E-state index in [0.717, 1.165) is 57.6 Å². The fraction of sp³-hybridized carbons (Fsp3) is 0.488. The number of nitrogens with one attached hydrogen (secondary N) is 4. The highest BCUT2D eigenvalue weighted by atomic mass is 79.9. The van der Waals surface area contributed by atoms with Crippen LogP contribution in [0.3, 0.4) is 0 Å². The van der Waals surface area contributed by atoms with E-state index in [2.05, 4.69) is 67.0 Å². The highest BCUT2D eigenvalue weighted by molar-refractivity contribution is 9.11. The van der Waals surface area contributed by atoms with E-state index < -0.39 is 23.8 Å². The number of carbonyl (C=O) groups excluding carboxylic acids is 6. The number of alkyl carbamates (subject to hydrolysis) is 2. The Bertz CT molecular complexity index is 3380. The van der Waals surface area contributed by atoms with Crippen LogP contribution in [0.15, 0.2) is 118 Å². The van der Waals surface area contributed by atoms with Gasteiger partial charge in [0.1, 0.15) is 11.5 Å². The molecule has 2 aliphatic rings. The number of halogens is 2. The molecule has 8 rings (SSSR count). The van der Waals surface area contributed by atoms with Gasteiger partial charge in [0.15, 0.2) is 23.1 Å². The Balaban J connectivity index is 0.633. The first-order valence-corrected chi connectivity index (χ1v) is 38.4. The summed E-state index contributed by atoms with van der Waals surface area (Å²) in [6, 6.07) is 30.8. The standard InChI is InChI=1S/C82H104Br2N4O10/c1-3-5-7-23-33-59(35-25-19-15-11-9-13-17-21-31-51-85-81(95)97-53-49-57-41-43-65(83)69(55-57)87-67-45-47-71(89)75-73(67)77(91)61-37-27-29-39-63(61)79(75)93)60(34-24-8-6-4-2)36-26-20-16-12-10-14-18-22-32-52-86-82(96)98-54-50-58-42-44-66(84)70(56-58)88-68-46-48-72(90)76-74(68)78(92)62-38-28-30-40-64(62)80(76)94/h27-30,37-48,55-56,59-60,87-90H,3-26,31-36,49-54H2,1-2H3,(H,85,95)(H,86,96). The van der Waals surface area contributed by atoms with Gasteiger partial charge < -0.3 is 41.0 Å². The number of ether oxygens (including phenoxy) is 2. The number of ketones is 4. The van der Waals surface area contributed by atoms with E-state index in [1.54, 1.807) is 60.7 Å². The molecule has 16 heteroatoms. The Morgan fingerprint density at radius 1 is 0.378 bits per heavy atom. The first-order valence-electron chi connectivity index (χ1n) is 36.8. The van der Waals surface area contributed by atoms with Crippen LogP contribution in [0.5, 0.6) is 11.5 Å². The Hall–Kier alpha value is -7.30. The first-order chi connectivity index (χ1) is 47.8. The number of benzene rings is 6. The Morgan fingerprint density at radius 3 is 1.02 bits per heavy atom. The molecule has 6 aromatic rings. The summed E-state index contributed by atoms with van der Waals surface area (Å²) >= 11 is 7.19. The molecule has 0 saturated heterocycles. The van der Waals surface area contributed by atoms with Crippen LogP contribution < -0.4 is 21.3 Å². The molecule has 0 fully saturated rings. The highest BCUT2D eigenvalue weighted by Gasteiger charge is 2.36. The van der Waals surface area contributed by atoms with E-state index in [1.807, 2.05) is 36.4 Å². The van der Waals surface area contributed by atoms with Crippen molar-refractivity contribution >= 4 is 89.9 Å². The number of aromatic hydroxyl groups is 2. The molecule has 0 saturated carbocycles. The van der Waals surface area contributed by atoms with Crippen LogP contribution >= 0.6 is 31.9 Å². The second-order valence-electron chi connectivity index (χ2n) is 26.8. The number of fused-ring (bicyclic) bond motifs is 4. The van der Waals surface area contributed by atoms with Gasteiger partial charge in [-0.25, -0.2) is 9.59 Å². The van der Waals surface area contributed by atoms with Gasteiger partial charge in [0.25, 0.3) is 0 Å². The highest BCUT2D eigenvalue weighted by Crippen LogP contribution is 2.42. The quantitative estimate of drug-likeness (QED) is 0.0156. The van der Waals surface area contributed by atoms with Crippen molar-refractivity contribution in [3.8, 4) is 11.5 Å². The van der Waals surface area contributed by atoms with Crippen molar-refractivity contribution in [2.24, 2.45) is 11.8 Å². The lowest BCUT2D eigenvalue weighted by atomic mass is 9.78. The van der Waals surface area contributed by atoms with Gasteiger partial charge >= 0.3 is 12.2 Å². The zero-order valence-electron chi connectivity index (χ0n) is 57.9. The molecule has 0 spiro atoms. The fourth-order valence-corrected chi connectivity index (χ4v) is 14.7. The van der Waals surface area contributed by atoms with E-state index in [4.69, 9.17) is 9.47 Å². The van der Waals surface area contributed by atoms with Gasteiger partial charge in [-0.3, -0.25) is 19.2 Å². The Labute approximate surface area is 598 Å². The summed E-state index contributed by atoms with van der Waals surface area (Å²) in [5.41, 5.74) is 5.38. The largest absolute Gasteiger partial charge is 0.507 e. The predicted octanol–water partition coefficient (Wildman–Crippen LogP) is 21.9. The molecule has 2 unspecified atom stereocenters. The van der Waals surface area contributed by atoms with Crippen molar-refractivity contribution in [2.45, 2.75) is 219 Å². The fourth-order valence-electron chi connectivity index (χ4n) is 14.0. The number of phenolic OH excluding ortho intramolecular Hbond substituents is 2. The van der Waals surface area contributed by atoms with Gasteiger partial charge in [0.05, 0.1) is 58.2 Å². The molecule has 6 aromatic carbocycles. The van der Waals surface area contributed by atoms with Crippen LogP contribution in [0.25, 0.3) is 0 Å². The van der Waals surface area contributed by atoms with Crippen molar-refractivity contribution < 1.29 is 48.5 Å². The molecule has 2 atom stereocenters. The molecule has 0 heterocycles. The third-order valence-corrected chi connectivity index (χ3v) is 20.9. The average Bonchev–Trinajstić information content (AvgIpc) is 0.752. The normalized spacial score (nSPS) is 12.9. The van der Waals surface area contributed by atoms with Crippen LogP contribution in [-0.4, -0.2) is 71.8 Å². The summed E-state index contributed by atoms with van der Waals surface area (Å²) in [5.74, 6) is -0.218. The molecule has 6 N–H and O–H groups in total. The number of carbonyl (C=O) groups is 6. The van der Waals surface area contributed by atoms with Crippen LogP contribution in [0.2, 0.25) is 0 Å². The van der Waals surface area contributed by atoms with E-state index in [0.29, 0.717) is 59.8 Å².